The highest BCUT2D eigenvalue weighted by molar-refractivity contribution is 6.09. The summed E-state index contributed by atoms with van der Waals surface area (Å²) in [5.41, 5.74) is 9.82. The second-order valence-electron chi connectivity index (χ2n) is 12.9. The Balaban J connectivity index is 1.24. The van der Waals surface area contributed by atoms with Crippen LogP contribution in [0.4, 0.5) is 0 Å². The molecule has 7 aromatic carbocycles. The largest absolute Gasteiger partial charge is 0.299 e. The smallest absolute Gasteiger partial charge is 0.160 e. The third-order valence-corrected chi connectivity index (χ3v) is 9.66. The second-order valence-corrected chi connectivity index (χ2v) is 12.9. The van der Waals surface area contributed by atoms with Gasteiger partial charge in [0, 0.05) is 39.2 Å². The van der Waals surface area contributed by atoms with E-state index in [1.165, 1.54) is 0 Å². The Labute approximate surface area is 314 Å². The molecule has 0 aliphatic heterocycles. The topological polar surface area (TPSA) is 43.1 Å². The number of imidazole rings is 1. The molecule has 0 spiro atoms. The van der Waals surface area contributed by atoms with E-state index in [1.54, 1.807) is 0 Å². The van der Waals surface area contributed by atoms with Crippen molar-refractivity contribution in [2.45, 2.75) is 0 Å². The standard InChI is InChI=1S/C49H32N4/c1-4-15-33(16-5-1)39-30-40(37-22-14-23-38(29-37)46-48(36-20-8-3-9-21-36)53-28-13-12-25-44(53)50-46)32-41(31-39)49-51-45(35-18-6-2-7-19-35)43-27-26-34-17-10-11-24-42(34)47(43)52-49/h1-32H/i1D,4D,5D,15D,16D. The maximum absolute atomic E-state index is 8.96. The molecule has 0 aliphatic rings. The summed E-state index contributed by atoms with van der Waals surface area (Å²) in [6.07, 6.45) is 2.02. The Morgan fingerprint density at radius 3 is 1.91 bits per heavy atom. The molecule has 248 valence electrons. The van der Waals surface area contributed by atoms with Gasteiger partial charge in [0.1, 0.15) is 5.65 Å². The summed E-state index contributed by atoms with van der Waals surface area (Å²) >= 11 is 0. The summed E-state index contributed by atoms with van der Waals surface area (Å²) in [7, 11) is 0. The van der Waals surface area contributed by atoms with Crippen molar-refractivity contribution in [3.8, 4) is 67.4 Å². The quantitative estimate of drug-likeness (QED) is 0.164. The highest BCUT2D eigenvalue weighted by Crippen LogP contribution is 2.39. The van der Waals surface area contributed by atoms with Crippen LogP contribution in [-0.2, 0) is 0 Å². The predicted octanol–water partition coefficient (Wildman–Crippen LogP) is 12.4. The van der Waals surface area contributed by atoms with Gasteiger partial charge in [0.05, 0.1) is 29.5 Å². The zero-order valence-electron chi connectivity index (χ0n) is 33.4. The predicted molar refractivity (Wildman–Crippen MR) is 218 cm³/mol. The van der Waals surface area contributed by atoms with Crippen LogP contribution < -0.4 is 0 Å². The fourth-order valence-electron chi connectivity index (χ4n) is 7.19. The van der Waals surface area contributed by atoms with Crippen molar-refractivity contribution in [1.29, 1.82) is 0 Å². The molecule has 0 unspecified atom stereocenters. The molecule has 4 heteroatoms. The minimum Gasteiger partial charge on any atom is -0.299 e. The molecule has 10 rings (SSSR count). The van der Waals surface area contributed by atoms with E-state index in [4.69, 9.17) is 21.8 Å². The summed E-state index contributed by atoms with van der Waals surface area (Å²) in [6.45, 7) is 0. The van der Waals surface area contributed by atoms with Crippen LogP contribution >= 0.6 is 0 Å². The lowest BCUT2D eigenvalue weighted by Crippen LogP contribution is -1.97. The van der Waals surface area contributed by atoms with Crippen molar-refractivity contribution in [3.05, 3.63) is 194 Å². The first kappa shape index (κ1) is 25.7. The Hall–Kier alpha value is -7.17. The molecule has 0 amide bonds. The van der Waals surface area contributed by atoms with Gasteiger partial charge in [0.15, 0.2) is 5.82 Å². The summed E-state index contributed by atoms with van der Waals surface area (Å²) in [5.74, 6) is 0.445. The molecule has 0 atom stereocenters. The van der Waals surface area contributed by atoms with E-state index >= 15 is 0 Å². The highest BCUT2D eigenvalue weighted by atomic mass is 15.0. The maximum Gasteiger partial charge on any atom is 0.160 e. The molecular weight excluding hydrogens is 645 g/mol. The van der Waals surface area contributed by atoms with E-state index < -0.39 is 18.1 Å². The van der Waals surface area contributed by atoms with E-state index in [1.807, 2.05) is 121 Å². The van der Waals surface area contributed by atoms with Gasteiger partial charge in [-0.25, -0.2) is 15.0 Å². The minimum atomic E-state index is -0.443. The van der Waals surface area contributed by atoms with Crippen molar-refractivity contribution in [3.63, 3.8) is 0 Å². The second kappa shape index (κ2) is 12.9. The Kier molecular flexibility index (Phi) is 6.24. The van der Waals surface area contributed by atoms with Gasteiger partial charge < -0.3 is 0 Å². The summed E-state index contributed by atoms with van der Waals surface area (Å²) in [4.78, 5) is 15.6. The first-order chi connectivity index (χ1) is 28.3. The fourth-order valence-corrected chi connectivity index (χ4v) is 7.19. The van der Waals surface area contributed by atoms with Crippen LogP contribution in [0.15, 0.2) is 194 Å². The van der Waals surface area contributed by atoms with Gasteiger partial charge >= 0.3 is 0 Å². The first-order valence-corrected chi connectivity index (χ1v) is 17.4. The van der Waals surface area contributed by atoms with Crippen LogP contribution in [0, 0.1) is 0 Å². The van der Waals surface area contributed by atoms with Gasteiger partial charge in [0.25, 0.3) is 0 Å². The molecule has 53 heavy (non-hydrogen) atoms. The number of benzene rings is 7. The summed E-state index contributed by atoms with van der Waals surface area (Å²) in [5, 5.41) is 2.94. The average molecular weight is 682 g/mol. The monoisotopic (exact) mass is 681 g/mol. The molecule has 3 heterocycles. The van der Waals surface area contributed by atoms with Crippen molar-refractivity contribution in [2.75, 3.05) is 0 Å². The van der Waals surface area contributed by atoms with Gasteiger partial charge in [-0.2, -0.15) is 0 Å². The normalized spacial score (nSPS) is 12.7. The van der Waals surface area contributed by atoms with Gasteiger partial charge in [0.2, 0.25) is 0 Å². The molecule has 0 fully saturated rings. The van der Waals surface area contributed by atoms with Crippen LogP contribution in [0.5, 0.6) is 0 Å². The Morgan fingerprint density at radius 2 is 1.08 bits per heavy atom. The Bertz CT molecular complexity index is 3210. The zero-order chi connectivity index (χ0) is 39.5. The average Bonchev–Trinajstić information content (AvgIpc) is 3.68. The van der Waals surface area contributed by atoms with E-state index in [-0.39, 0.29) is 17.6 Å². The maximum atomic E-state index is 8.96. The lowest BCUT2D eigenvalue weighted by molar-refractivity contribution is 1.19. The zero-order valence-corrected chi connectivity index (χ0v) is 28.4. The van der Waals surface area contributed by atoms with Crippen molar-refractivity contribution in [1.82, 2.24) is 19.4 Å². The fraction of sp³-hybridized carbons (Fsp3) is 0. The van der Waals surface area contributed by atoms with Crippen molar-refractivity contribution in [2.24, 2.45) is 0 Å². The molecule has 10 aromatic rings. The third kappa shape index (κ3) is 5.54. The molecular formula is C49H32N4. The molecule has 0 aliphatic carbocycles. The number of hydrogen-bond acceptors (Lipinski definition) is 3. The molecule has 0 radical (unpaired) electrons. The molecule has 3 aromatic heterocycles. The number of aromatic nitrogens is 4. The molecule has 0 N–H and O–H groups in total. The number of rotatable bonds is 6. The van der Waals surface area contributed by atoms with Crippen LogP contribution in [0.3, 0.4) is 0 Å². The molecule has 0 saturated carbocycles. The molecule has 4 nitrogen and oxygen atoms in total. The molecule has 0 bridgehead atoms. The van der Waals surface area contributed by atoms with Crippen LogP contribution in [0.25, 0.3) is 94.7 Å². The molecule has 0 saturated heterocycles. The van der Waals surface area contributed by atoms with Crippen LogP contribution in [0.2, 0.25) is 0 Å². The van der Waals surface area contributed by atoms with Crippen LogP contribution in [0.1, 0.15) is 6.85 Å². The van der Waals surface area contributed by atoms with E-state index in [0.29, 0.717) is 17.0 Å². The van der Waals surface area contributed by atoms with Gasteiger partial charge in [-0.15, -0.1) is 0 Å². The number of fused-ring (bicyclic) bond motifs is 4. The third-order valence-electron chi connectivity index (χ3n) is 9.66. The van der Waals surface area contributed by atoms with Crippen molar-refractivity contribution >= 4 is 27.3 Å². The van der Waals surface area contributed by atoms with Gasteiger partial charge in [-0.1, -0.05) is 145 Å². The van der Waals surface area contributed by atoms with E-state index in [9.17, 15) is 0 Å². The minimum absolute atomic E-state index is 0.103. The van der Waals surface area contributed by atoms with E-state index in [2.05, 4.69) is 46.9 Å². The SMILES string of the molecule is [2H]c1c([2H])c([2H])c(-c2cc(-c3cccc(-c4nc5ccccn5c4-c4ccccc4)c3)cc(-c3nc(-c4ccccc4)c4ccc5ccccc5c4n3)c2)c([2H])c1[2H]. The number of pyridine rings is 1. The Morgan fingerprint density at radius 1 is 0.415 bits per heavy atom. The lowest BCUT2D eigenvalue weighted by atomic mass is 9.94. The first-order valence-electron chi connectivity index (χ1n) is 19.9. The summed E-state index contributed by atoms with van der Waals surface area (Å²) in [6, 6.07) is 50.5. The summed E-state index contributed by atoms with van der Waals surface area (Å²) < 4.78 is 45.4. The van der Waals surface area contributed by atoms with Gasteiger partial charge in [-0.05, 0) is 70.1 Å². The van der Waals surface area contributed by atoms with Crippen LogP contribution in [-0.4, -0.2) is 19.4 Å². The van der Waals surface area contributed by atoms with Gasteiger partial charge in [-0.3, -0.25) is 4.40 Å². The number of nitrogens with zero attached hydrogens (tertiary/aromatic N) is 4. The number of hydrogen-bond donors (Lipinski definition) is 0. The van der Waals surface area contributed by atoms with Crippen molar-refractivity contribution < 1.29 is 6.85 Å². The lowest BCUT2D eigenvalue weighted by Gasteiger charge is -2.14. The highest BCUT2D eigenvalue weighted by Gasteiger charge is 2.18. The van der Waals surface area contributed by atoms with E-state index in [0.717, 1.165) is 72.2 Å².